The van der Waals surface area contributed by atoms with Crippen LogP contribution in [0.1, 0.15) is 5.56 Å². The molecule has 0 saturated carbocycles. The Kier molecular flexibility index (Phi) is 4.51. The Balaban J connectivity index is 1.70. The van der Waals surface area contributed by atoms with E-state index in [0.717, 1.165) is 38.8 Å². The summed E-state index contributed by atoms with van der Waals surface area (Å²) in [4.78, 5) is 27.4. The normalized spacial score (nSPS) is 12.9. The number of ether oxygens (including phenoxy) is 1. The second-order valence-electron chi connectivity index (χ2n) is 7.44. The highest BCUT2D eigenvalue weighted by Crippen LogP contribution is 2.38. The summed E-state index contributed by atoms with van der Waals surface area (Å²) in [5.74, 6) is 2.05. The molecule has 1 aliphatic rings. The van der Waals surface area contributed by atoms with Crippen LogP contribution in [0, 0.1) is 0 Å². The Morgan fingerprint density at radius 2 is 1.94 bits per heavy atom. The van der Waals surface area contributed by atoms with Crippen molar-refractivity contribution in [3.8, 4) is 28.3 Å². The third kappa shape index (κ3) is 3.15. The maximum Gasteiger partial charge on any atom is 0.231 e. The largest absolute Gasteiger partial charge is 0.494 e. The minimum Gasteiger partial charge on any atom is -0.494 e. The molecular formula is C24H21N5O2. The number of likely N-dealkylation sites (N-methyl/N-ethyl adjacent to an activating group) is 1. The number of aromatic nitrogens is 3. The average molecular weight is 411 g/mol. The van der Waals surface area contributed by atoms with Crippen LogP contribution >= 0.6 is 0 Å². The summed E-state index contributed by atoms with van der Waals surface area (Å²) in [5.41, 5.74) is 5.51. The Hall–Kier alpha value is -4.00. The van der Waals surface area contributed by atoms with Gasteiger partial charge in [0.2, 0.25) is 5.91 Å². The van der Waals surface area contributed by atoms with Crippen molar-refractivity contribution in [1.29, 1.82) is 0 Å². The number of nitrogens with zero attached hydrogens (tertiary/aromatic N) is 4. The molecule has 0 aliphatic carbocycles. The molecule has 3 heterocycles. The van der Waals surface area contributed by atoms with E-state index in [4.69, 9.17) is 14.7 Å². The van der Waals surface area contributed by atoms with Crippen LogP contribution in [0.3, 0.4) is 0 Å². The lowest BCUT2D eigenvalue weighted by molar-refractivity contribution is -0.117. The van der Waals surface area contributed by atoms with E-state index < -0.39 is 0 Å². The monoisotopic (exact) mass is 411 g/mol. The van der Waals surface area contributed by atoms with Gasteiger partial charge in [-0.05, 0) is 47.0 Å². The molecule has 5 rings (SSSR count). The molecule has 2 aromatic heterocycles. The SMILES string of the molecule is CNc1nc(-c2cccnc2)nc2c(OC)cc(-c3ccc4c(c3)N(C)C(=O)C4)cc12. The first kappa shape index (κ1) is 19.0. The van der Waals surface area contributed by atoms with Gasteiger partial charge in [0.1, 0.15) is 17.1 Å². The molecular weight excluding hydrogens is 390 g/mol. The molecule has 154 valence electrons. The van der Waals surface area contributed by atoms with Crippen LogP contribution in [0.5, 0.6) is 5.75 Å². The van der Waals surface area contributed by atoms with E-state index in [1.54, 1.807) is 24.4 Å². The zero-order valence-corrected chi connectivity index (χ0v) is 17.5. The van der Waals surface area contributed by atoms with Gasteiger partial charge >= 0.3 is 0 Å². The smallest absolute Gasteiger partial charge is 0.231 e. The van der Waals surface area contributed by atoms with E-state index in [9.17, 15) is 4.79 Å². The fourth-order valence-corrected chi connectivity index (χ4v) is 3.96. The standard InChI is InChI=1S/C24H21N5O2/c1-25-24-18-9-17(14-6-7-15-12-21(30)29(2)19(15)10-14)11-20(31-3)22(18)27-23(28-24)16-5-4-8-26-13-16/h4-11,13H,12H2,1-3H3,(H,25,27,28). The number of hydrogen-bond donors (Lipinski definition) is 1. The maximum absolute atomic E-state index is 12.1. The molecule has 7 nitrogen and oxygen atoms in total. The van der Waals surface area contributed by atoms with E-state index in [1.165, 1.54) is 0 Å². The molecule has 0 saturated heterocycles. The molecule has 2 aromatic carbocycles. The summed E-state index contributed by atoms with van der Waals surface area (Å²) in [6.45, 7) is 0. The first-order valence-electron chi connectivity index (χ1n) is 9.97. The molecule has 0 bridgehead atoms. The van der Waals surface area contributed by atoms with E-state index in [1.807, 2.05) is 50.5 Å². The second-order valence-corrected chi connectivity index (χ2v) is 7.44. The minimum atomic E-state index is 0.108. The molecule has 1 amide bonds. The predicted molar refractivity (Wildman–Crippen MR) is 121 cm³/mol. The number of pyridine rings is 1. The van der Waals surface area contributed by atoms with Crippen LogP contribution in [-0.4, -0.2) is 42.1 Å². The number of benzene rings is 2. The zero-order valence-electron chi connectivity index (χ0n) is 17.5. The maximum atomic E-state index is 12.1. The Morgan fingerprint density at radius 3 is 2.68 bits per heavy atom. The van der Waals surface area contributed by atoms with E-state index in [2.05, 4.69) is 16.4 Å². The highest BCUT2D eigenvalue weighted by atomic mass is 16.5. The van der Waals surface area contributed by atoms with Crippen molar-refractivity contribution in [1.82, 2.24) is 15.0 Å². The molecule has 31 heavy (non-hydrogen) atoms. The third-order valence-corrected chi connectivity index (χ3v) is 5.64. The van der Waals surface area contributed by atoms with Crippen molar-refractivity contribution in [2.24, 2.45) is 0 Å². The molecule has 1 aliphatic heterocycles. The van der Waals surface area contributed by atoms with Gasteiger partial charge in [-0.1, -0.05) is 12.1 Å². The first-order chi connectivity index (χ1) is 15.1. The van der Waals surface area contributed by atoms with Crippen LogP contribution in [0.25, 0.3) is 33.4 Å². The van der Waals surface area contributed by atoms with Gasteiger partial charge in [0.15, 0.2) is 5.82 Å². The minimum absolute atomic E-state index is 0.108. The Morgan fingerprint density at radius 1 is 1.06 bits per heavy atom. The topological polar surface area (TPSA) is 80.2 Å². The molecule has 0 unspecified atom stereocenters. The number of carbonyl (C=O) groups is 1. The van der Waals surface area contributed by atoms with Gasteiger partial charge in [0, 0.05) is 43.1 Å². The highest BCUT2D eigenvalue weighted by molar-refractivity contribution is 6.02. The van der Waals surface area contributed by atoms with E-state index in [0.29, 0.717) is 23.8 Å². The number of methoxy groups -OCH3 is 1. The number of carbonyl (C=O) groups excluding carboxylic acids is 1. The van der Waals surface area contributed by atoms with Gasteiger partial charge in [-0.2, -0.15) is 0 Å². The van der Waals surface area contributed by atoms with Crippen LogP contribution in [0.2, 0.25) is 0 Å². The number of rotatable bonds is 4. The molecule has 7 heteroatoms. The Labute approximate surface area is 179 Å². The fourth-order valence-electron chi connectivity index (χ4n) is 3.96. The van der Waals surface area contributed by atoms with Gasteiger partial charge in [0.05, 0.1) is 13.5 Å². The van der Waals surface area contributed by atoms with Crippen LogP contribution in [0.15, 0.2) is 54.9 Å². The summed E-state index contributed by atoms with van der Waals surface area (Å²) in [7, 11) is 5.29. The van der Waals surface area contributed by atoms with Crippen LogP contribution in [0.4, 0.5) is 11.5 Å². The van der Waals surface area contributed by atoms with Gasteiger partial charge in [-0.3, -0.25) is 9.78 Å². The van der Waals surface area contributed by atoms with Crippen molar-refractivity contribution in [2.45, 2.75) is 6.42 Å². The lowest BCUT2D eigenvalue weighted by atomic mass is 10.00. The lowest BCUT2D eigenvalue weighted by Gasteiger charge is -2.15. The van der Waals surface area contributed by atoms with E-state index >= 15 is 0 Å². The highest BCUT2D eigenvalue weighted by Gasteiger charge is 2.24. The quantitative estimate of drug-likeness (QED) is 0.548. The van der Waals surface area contributed by atoms with Crippen molar-refractivity contribution in [3.05, 3.63) is 60.4 Å². The van der Waals surface area contributed by atoms with Crippen LogP contribution in [-0.2, 0) is 11.2 Å². The van der Waals surface area contributed by atoms with Crippen molar-refractivity contribution in [3.63, 3.8) is 0 Å². The molecule has 0 spiro atoms. The van der Waals surface area contributed by atoms with Crippen LogP contribution < -0.4 is 15.0 Å². The number of hydrogen-bond acceptors (Lipinski definition) is 6. The second kappa shape index (κ2) is 7.36. The molecule has 1 N–H and O–H groups in total. The van der Waals surface area contributed by atoms with E-state index in [-0.39, 0.29) is 5.91 Å². The summed E-state index contributed by atoms with van der Waals surface area (Å²) in [5, 5.41) is 4.04. The predicted octanol–water partition coefficient (Wildman–Crippen LogP) is 3.93. The number of nitrogens with one attached hydrogen (secondary N) is 1. The summed E-state index contributed by atoms with van der Waals surface area (Å²) >= 11 is 0. The Bertz CT molecular complexity index is 1320. The lowest BCUT2D eigenvalue weighted by Crippen LogP contribution is -2.20. The number of anilines is 2. The van der Waals surface area contributed by atoms with Crippen molar-refractivity contribution >= 4 is 28.3 Å². The molecule has 0 radical (unpaired) electrons. The summed E-state index contributed by atoms with van der Waals surface area (Å²) in [6.07, 6.45) is 3.91. The van der Waals surface area contributed by atoms with Crippen molar-refractivity contribution in [2.75, 3.05) is 31.4 Å². The molecule has 0 fully saturated rings. The first-order valence-corrected chi connectivity index (χ1v) is 9.97. The summed E-state index contributed by atoms with van der Waals surface area (Å²) in [6, 6.07) is 13.9. The zero-order chi connectivity index (χ0) is 21.5. The molecule has 4 aromatic rings. The molecule has 0 atom stereocenters. The van der Waals surface area contributed by atoms with Gasteiger partial charge in [-0.15, -0.1) is 0 Å². The average Bonchev–Trinajstić information content (AvgIpc) is 3.11. The third-order valence-electron chi connectivity index (χ3n) is 5.64. The van der Waals surface area contributed by atoms with Gasteiger partial charge in [-0.25, -0.2) is 9.97 Å². The summed E-state index contributed by atoms with van der Waals surface area (Å²) < 4.78 is 5.71. The number of amides is 1. The fraction of sp³-hybridized carbons (Fsp3) is 0.167. The van der Waals surface area contributed by atoms with Gasteiger partial charge < -0.3 is 15.0 Å². The van der Waals surface area contributed by atoms with Gasteiger partial charge in [0.25, 0.3) is 0 Å². The number of fused-ring (bicyclic) bond motifs is 2. The van der Waals surface area contributed by atoms with Crippen molar-refractivity contribution < 1.29 is 9.53 Å².